The van der Waals surface area contributed by atoms with Crippen LogP contribution in [0.15, 0.2) is 0 Å². The van der Waals surface area contributed by atoms with Gasteiger partial charge in [-0.25, -0.2) is 5.11 Å². The van der Waals surface area contributed by atoms with Gasteiger partial charge in [-0.3, -0.25) is 4.79 Å². The smallest absolute Gasteiger partial charge is 0.293 e. The van der Waals surface area contributed by atoms with Gasteiger partial charge in [0.25, 0.3) is 6.47 Å². The minimum atomic E-state index is -0.0811. The quantitative estimate of drug-likeness (QED) is 0.385. The molecule has 3 nitrogen and oxygen atoms in total. The van der Waals surface area contributed by atoms with Gasteiger partial charge in [0.1, 0.15) is 0 Å². The maximum atomic E-state index is 9.75. The van der Waals surface area contributed by atoms with Gasteiger partial charge in [0.2, 0.25) is 0 Å². The number of ether oxygens (including phenoxy) is 1. The van der Waals surface area contributed by atoms with Crippen LogP contribution in [0.2, 0.25) is 0 Å². The summed E-state index contributed by atoms with van der Waals surface area (Å²) in [6, 6.07) is 0. The molecule has 0 aromatic heterocycles. The van der Waals surface area contributed by atoms with Crippen LogP contribution in [0.4, 0.5) is 0 Å². The van der Waals surface area contributed by atoms with E-state index in [2.05, 4.69) is 4.74 Å². The van der Waals surface area contributed by atoms with Crippen molar-refractivity contribution in [1.82, 2.24) is 0 Å². The average Bonchev–Trinajstić information content (AvgIpc) is 1.81. The van der Waals surface area contributed by atoms with Gasteiger partial charge >= 0.3 is 0 Å². The second-order valence-corrected chi connectivity index (χ2v) is 1.38. The highest BCUT2D eigenvalue weighted by Gasteiger charge is 1.84. The largest absolute Gasteiger partial charge is 0.468 e. The Kier molecular flexibility index (Phi) is 5.97. The van der Waals surface area contributed by atoms with Crippen molar-refractivity contribution < 1.29 is 14.6 Å². The molecule has 0 aliphatic carbocycles. The third-order valence-electron chi connectivity index (χ3n) is 0.725. The predicted octanol–water partition coefficient (Wildman–Crippen LogP) is 0.370. The van der Waals surface area contributed by atoms with Gasteiger partial charge in [-0.2, -0.15) is 0 Å². The van der Waals surface area contributed by atoms with Crippen molar-refractivity contribution in [2.75, 3.05) is 13.2 Å². The maximum Gasteiger partial charge on any atom is 0.293 e. The third-order valence-corrected chi connectivity index (χ3v) is 0.725. The van der Waals surface area contributed by atoms with E-state index in [4.69, 9.17) is 0 Å². The summed E-state index contributed by atoms with van der Waals surface area (Å²) in [7, 11) is 0. The number of carbonyl (C=O) groups is 1. The Morgan fingerprint density at radius 2 is 2.12 bits per heavy atom. The molecule has 0 rings (SSSR count). The molecule has 0 N–H and O–H groups in total. The Labute approximate surface area is 48.3 Å². The van der Waals surface area contributed by atoms with E-state index in [-0.39, 0.29) is 6.61 Å². The fourth-order valence-electron chi connectivity index (χ4n) is 0.336. The standard InChI is InChI=1S/C5H9O3/c6-3-1-2-4-8-5-7/h5H,1-4H2. The highest BCUT2D eigenvalue weighted by Crippen LogP contribution is 1.85. The molecular weight excluding hydrogens is 108 g/mol. The van der Waals surface area contributed by atoms with Crippen LogP contribution in [0, 0.1) is 0 Å². The van der Waals surface area contributed by atoms with Crippen molar-refractivity contribution in [3.8, 4) is 0 Å². The zero-order valence-corrected chi connectivity index (χ0v) is 4.63. The molecule has 0 aliphatic heterocycles. The van der Waals surface area contributed by atoms with Gasteiger partial charge in [0.15, 0.2) is 0 Å². The number of hydrogen-bond donors (Lipinski definition) is 0. The first-order valence-electron chi connectivity index (χ1n) is 2.55. The predicted molar refractivity (Wildman–Crippen MR) is 26.8 cm³/mol. The summed E-state index contributed by atoms with van der Waals surface area (Å²) in [6.07, 6.45) is 1.27. The Morgan fingerprint density at radius 3 is 2.62 bits per heavy atom. The zero-order chi connectivity index (χ0) is 6.24. The van der Waals surface area contributed by atoms with Gasteiger partial charge in [-0.05, 0) is 12.8 Å². The Morgan fingerprint density at radius 1 is 1.38 bits per heavy atom. The van der Waals surface area contributed by atoms with E-state index in [1.54, 1.807) is 0 Å². The molecule has 47 valence electrons. The van der Waals surface area contributed by atoms with E-state index in [9.17, 15) is 9.90 Å². The van der Waals surface area contributed by atoms with Crippen molar-refractivity contribution in [1.29, 1.82) is 0 Å². The molecule has 0 saturated heterocycles. The summed E-state index contributed by atoms with van der Waals surface area (Å²) in [6.45, 7) is 0.693. The van der Waals surface area contributed by atoms with E-state index < -0.39 is 0 Å². The maximum absolute atomic E-state index is 9.75. The Bertz CT molecular complexity index is 53.6. The van der Waals surface area contributed by atoms with Crippen LogP contribution < -0.4 is 0 Å². The molecule has 0 aromatic carbocycles. The minimum absolute atomic E-state index is 0.0811. The van der Waals surface area contributed by atoms with Crippen LogP contribution in [-0.2, 0) is 14.6 Å². The molecule has 0 bridgehead atoms. The Hall–Kier alpha value is -0.570. The molecular formula is C5H9O3. The second-order valence-electron chi connectivity index (χ2n) is 1.38. The van der Waals surface area contributed by atoms with E-state index in [0.717, 1.165) is 0 Å². The SMILES string of the molecule is [O]CCCCOC=O. The van der Waals surface area contributed by atoms with Crippen molar-refractivity contribution in [3.05, 3.63) is 0 Å². The van der Waals surface area contributed by atoms with Crippen LogP contribution in [0.3, 0.4) is 0 Å². The molecule has 0 unspecified atom stereocenters. The van der Waals surface area contributed by atoms with Crippen molar-refractivity contribution >= 4 is 6.47 Å². The average molecular weight is 117 g/mol. The number of carbonyl (C=O) groups excluding carboxylic acids is 1. The van der Waals surface area contributed by atoms with Gasteiger partial charge in [-0.1, -0.05) is 0 Å². The second kappa shape index (κ2) is 6.43. The van der Waals surface area contributed by atoms with Crippen molar-refractivity contribution in [3.63, 3.8) is 0 Å². The minimum Gasteiger partial charge on any atom is -0.468 e. The summed E-state index contributed by atoms with van der Waals surface area (Å²) in [5.74, 6) is 0. The molecule has 1 radical (unpaired) electrons. The van der Waals surface area contributed by atoms with Gasteiger partial charge in [0, 0.05) is 0 Å². The van der Waals surface area contributed by atoms with E-state index in [1.165, 1.54) is 0 Å². The van der Waals surface area contributed by atoms with Gasteiger partial charge < -0.3 is 4.74 Å². The lowest BCUT2D eigenvalue weighted by atomic mass is 10.3. The molecule has 0 aliphatic rings. The highest BCUT2D eigenvalue weighted by molar-refractivity contribution is 5.36. The third kappa shape index (κ3) is 5.43. The zero-order valence-electron chi connectivity index (χ0n) is 4.63. The molecule has 0 aromatic rings. The topological polar surface area (TPSA) is 46.2 Å². The molecule has 0 spiro atoms. The summed E-state index contributed by atoms with van der Waals surface area (Å²) in [5, 5.41) is 9.75. The molecule has 3 heteroatoms. The van der Waals surface area contributed by atoms with Crippen LogP contribution in [0.1, 0.15) is 12.8 Å². The summed E-state index contributed by atoms with van der Waals surface area (Å²) in [5.41, 5.74) is 0. The summed E-state index contributed by atoms with van der Waals surface area (Å²) in [4.78, 5) is 9.47. The normalized spacial score (nSPS) is 8.62. The number of unbranched alkanes of at least 4 members (excludes halogenated alkanes) is 1. The highest BCUT2D eigenvalue weighted by atomic mass is 16.5. The molecule has 0 amide bonds. The van der Waals surface area contributed by atoms with Gasteiger partial charge in [0.05, 0.1) is 13.2 Å². The fraction of sp³-hybridized carbons (Fsp3) is 0.800. The van der Waals surface area contributed by atoms with E-state index in [1.807, 2.05) is 0 Å². The lowest BCUT2D eigenvalue weighted by Gasteiger charge is -1.92. The van der Waals surface area contributed by atoms with Gasteiger partial charge in [-0.15, -0.1) is 0 Å². The summed E-state index contributed by atoms with van der Waals surface area (Å²) >= 11 is 0. The monoisotopic (exact) mass is 117 g/mol. The first kappa shape index (κ1) is 7.43. The lowest BCUT2D eigenvalue weighted by molar-refractivity contribution is -0.128. The van der Waals surface area contributed by atoms with Crippen LogP contribution in [0.25, 0.3) is 0 Å². The summed E-state index contributed by atoms with van der Waals surface area (Å²) < 4.78 is 4.32. The molecule has 0 heterocycles. The van der Waals surface area contributed by atoms with Crippen LogP contribution in [0.5, 0.6) is 0 Å². The van der Waals surface area contributed by atoms with Crippen LogP contribution >= 0.6 is 0 Å². The van der Waals surface area contributed by atoms with Crippen LogP contribution in [-0.4, -0.2) is 19.7 Å². The van der Waals surface area contributed by atoms with E-state index in [0.29, 0.717) is 25.9 Å². The van der Waals surface area contributed by atoms with Crippen molar-refractivity contribution in [2.24, 2.45) is 0 Å². The molecule has 0 fully saturated rings. The molecule has 0 saturated carbocycles. The lowest BCUT2D eigenvalue weighted by Crippen LogP contribution is -1.92. The molecule has 0 atom stereocenters. The number of rotatable bonds is 5. The number of hydrogen-bond acceptors (Lipinski definition) is 2. The fourth-order valence-corrected chi connectivity index (χ4v) is 0.336. The van der Waals surface area contributed by atoms with E-state index >= 15 is 0 Å². The Balaban J connectivity index is 2.62. The first-order chi connectivity index (χ1) is 3.91. The first-order valence-corrected chi connectivity index (χ1v) is 2.55. The van der Waals surface area contributed by atoms with Crippen molar-refractivity contribution in [2.45, 2.75) is 12.8 Å². The molecule has 8 heavy (non-hydrogen) atoms.